The Bertz CT molecular complexity index is 1400. The molecule has 9 nitrogen and oxygen atoms in total. The second-order valence-electron chi connectivity index (χ2n) is 12.7. The van der Waals surface area contributed by atoms with Crippen LogP contribution >= 0.6 is 11.9 Å². The van der Waals surface area contributed by atoms with Crippen molar-refractivity contribution in [1.29, 1.82) is 0 Å². The van der Waals surface area contributed by atoms with Crippen LogP contribution in [0.5, 0.6) is 5.88 Å². The lowest BCUT2D eigenvalue weighted by Crippen LogP contribution is -2.40. The van der Waals surface area contributed by atoms with Crippen molar-refractivity contribution in [3.8, 4) is 11.7 Å². The number of rotatable bonds is 7. The van der Waals surface area contributed by atoms with Crippen molar-refractivity contribution < 1.29 is 9.53 Å². The molecule has 2 aliphatic heterocycles. The number of carbonyl (C=O) groups is 1. The number of fused-ring (bicyclic) bond motifs is 6. The van der Waals surface area contributed by atoms with E-state index >= 15 is 0 Å². The Kier molecular flexibility index (Phi) is 7.05. The largest absolute Gasteiger partial charge is 0.477 e. The van der Waals surface area contributed by atoms with Gasteiger partial charge in [-0.2, -0.15) is 0 Å². The van der Waals surface area contributed by atoms with E-state index in [2.05, 4.69) is 33.8 Å². The van der Waals surface area contributed by atoms with Gasteiger partial charge in [-0.05, 0) is 107 Å². The number of anilines is 2. The third-order valence-electron chi connectivity index (χ3n) is 9.11. The lowest BCUT2D eigenvalue weighted by molar-refractivity contribution is 0.0984. The maximum absolute atomic E-state index is 13.5. The molecule has 5 heterocycles. The highest BCUT2D eigenvalue weighted by Crippen LogP contribution is 2.50. The summed E-state index contributed by atoms with van der Waals surface area (Å²) >= 11 is 1.22. The third-order valence-corrected chi connectivity index (χ3v) is 9.83. The molecule has 216 valence electrons. The molecule has 2 aliphatic carbocycles. The van der Waals surface area contributed by atoms with Crippen LogP contribution in [0.4, 0.5) is 11.6 Å². The SMILES string of the molecule is CC1(C)CC2CCNc3cccc(n3)SNC(=O)c3ccc(-n4ccc(OCCC(C5CC5)C5CC5)n4)nc3N1C2. The molecule has 1 amide bonds. The van der Waals surface area contributed by atoms with Crippen molar-refractivity contribution in [2.24, 2.45) is 23.7 Å². The maximum Gasteiger partial charge on any atom is 0.265 e. The molecule has 1 atom stereocenters. The van der Waals surface area contributed by atoms with Gasteiger partial charge in [0.1, 0.15) is 16.7 Å². The molecule has 41 heavy (non-hydrogen) atoms. The zero-order valence-corrected chi connectivity index (χ0v) is 24.7. The maximum atomic E-state index is 13.5. The fourth-order valence-electron chi connectivity index (χ4n) is 6.75. The average molecular weight is 574 g/mol. The molecular formula is C31H39N7O2S. The Labute approximate surface area is 246 Å². The van der Waals surface area contributed by atoms with Gasteiger partial charge in [0.05, 0.1) is 12.2 Å². The van der Waals surface area contributed by atoms with Gasteiger partial charge in [0.15, 0.2) is 5.82 Å². The van der Waals surface area contributed by atoms with Crippen molar-refractivity contribution in [2.45, 2.75) is 69.4 Å². The van der Waals surface area contributed by atoms with Crippen molar-refractivity contribution >= 4 is 29.5 Å². The molecular weight excluding hydrogens is 534 g/mol. The second kappa shape index (κ2) is 10.9. The van der Waals surface area contributed by atoms with Gasteiger partial charge >= 0.3 is 0 Å². The molecule has 3 aromatic heterocycles. The Morgan fingerprint density at radius 1 is 1.07 bits per heavy atom. The number of pyridine rings is 2. The Hall–Kier alpha value is -3.27. The topological polar surface area (TPSA) is 97.2 Å². The Balaban J connectivity index is 1.13. The van der Waals surface area contributed by atoms with E-state index in [4.69, 9.17) is 14.8 Å². The number of hydrogen-bond donors (Lipinski definition) is 2. The Morgan fingerprint density at radius 3 is 2.71 bits per heavy atom. The summed E-state index contributed by atoms with van der Waals surface area (Å²) in [6.07, 6.45) is 10.6. The number of amides is 1. The van der Waals surface area contributed by atoms with E-state index in [1.165, 1.54) is 37.6 Å². The lowest BCUT2D eigenvalue weighted by atomic mass is 9.94. The van der Waals surface area contributed by atoms with E-state index < -0.39 is 0 Å². The van der Waals surface area contributed by atoms with Crippen molar-refractivity contribution in [3.63, 3.8) is 0 Å². The number of ether oxygens (including phenoxy) is 1. The van der Waals surface area contributed by atoms with Crippen LogP contribution in [0.2, 0.25) is 0 Å². The molecule has 0 radical (unpaired) electrons. The zero-order chi connectivity index (χ0) is 28.0. The van der Waals surface area contributed by atoms with Crippen LogP contribution in [0.1, 0.15) is 69.2 Å². The van der Waals surface area contributed by atoms with Gasteiger partial charge in [0.25, 0.3) is 5.91 Å². The Morgan fingerprint density at radius 2 is 1.90 bits per heavy atom. The number of nitrogens with one attached hydrogen (secondary N) is 2. The van der Waals surface area contributed by atoms with Crippen LogP contribution in [-0.4, -0.2) is 50.9 Å². The van der Waals surface area contributed by atoms with Crippen LogP contribution < -0.4 is 19.7 Å². The van der Waals surface area contributed by atoms with Crippen molar-refractivity contribution in [2.75, 3.05) is 29.9 Å². The monoisotopic (exact) mass is 573 g/mol. The highest BCUT2D eigenvalue weighted by atomic mass is 32.2. The van der Waals surface area contributed by atoms with Gasteiger partial charge in [-0.15, -0.1) is 5.10 Å². The highest BCUT2D eigenvalue weighted by molar-refractivity contribution is 7.97. The van der Waals surface area contributed by atoms with Crippen LogP contribution in [0, 0.1) is 23.7 Å². The van der Waals surface area contributed by atoms with Gasteiger partial charge in [0.2, 0.25) is 5.88 Å². The first kappa shape index (κ1) is 26.6. The first-order chi connectivity index (χ1) is 19.9. The summed E-state index contributed by atoms with van der Waals surface area (Å²) in [4.78, 5) is 25.5. The quantitative estimate of drug-likeness (QED) is 0.346. The fraction of sp³-hybridized carbons (Fsp3) is 0.548. The highest BCUT2D eigenvalue weighted by Gasteiger charge is 2.42. The van der Waals surface area contributed by atoms with Crippen LogP contribution in [0.15, 0.2) is 47.6 Å². The van der Waals surface area contributed by atoms with Gasteiger partial charge in [-0.1, -0.05) is 6.07 Å². The minimum atomic E-state index is -0.189. The number of nitrogens with zero attached hydrogens (tertiary/aromatic N) is 5. The van der Waals surface area contributed by atoms with E-state index in [0.29, 0.717) is 35.6 Å². The molecule has 1 saturated heterocycles. The molecule has 3 aromatic rings. The molecule has 2 N–H and O–H groups in total. The fourth-order valence-corrected chi connectivity index (χ4v) is 7.34. The minimum Gasteiger partial charge on any atom is -0.477 e. The summed E-state index contributed by atoms with van der Waals surface area (Å²) in [5.41, 5.74) is 0.406. The predicted octanol–water partition coefficient (Wildman–Crippen LogP) is 5.73. The number of hydrogen-bond acceptors (Lipinski definition) is 8. The van der Waals surface area contributed by atoms with Crippen LogP contribution in [-0.2, 0) is 0 Å². The molecule has 0 aromatic carbocycles. The van der Waals surface area contributed by atoms with Gasteiger partial charge in [0, 0.05) is 42.8 Å². The van der Waals surface area contributed by atoms with Crippen molar-refractivity contribution in [1.82, 2.24) is 24.5 Å². The molecule has 3 fully saturated rings. The van der Waals surface area contributed by atoms with Crippen LogP contribution in [0.3, 0.4) is 0 Å². The van der Waals surface area contributed by atoms with Crippen LogP contribution in [0.25, 0.3) is 5.82 Å². The molecule has 1 unspecified atom stereocenters. The molecule has 7 rings (SSSR count). The van der Waals surface area contributed by atoms with Gasteiger partial charge in [-0.25, -0.2) is 14.6 Å². The normalized spacial score (nSPS) is 22.1. The van der Waals surface area contributed by atoms with Gasteiger partial charge in [-0.3, -0.25) is 9.52 Å². The van der Waals surface area contributed by atoms with Gasteiger partial charge < -0.3 is 15.0 Å². The predicted molar refractivity (Wildman–Crippen MR) is 161 cm³/mol. The van der Waals surface area contributed by atoms with E-state index in [1.807, 2.05) is 42.6 Å². The molecule has 4 bridgehead atoms. The summed E-state index contributed by atoms with van der Waals surface area (Å²) in [6, 6.07) is 11.5. The summed E-state index contributed by atoms with van der Waals surface area (Å²) in [6.45, 7) is 6.87. The molecule has 4 aliphatic rings. The average Bonchev–Trinajstić information content (AvgIpc) is 3.90. The standard InChI is InChI=1S/C31H39N7O2S/c1-31(2)18-20-12-15-32-25-4-3-5-28(33-25)41-36-30(39)24-10-11-26(34-29(24)37(31)19-20)38-16-13-27(35-38)40-17-14-23(21-6-7-21)22-8-9-22/h3-5,10-11,13,16,20-23H,6-9,12,14-15,17-19H2,1-2H3,(H,32,33)(H,36,39). The number of carbonyl (C=O) groups excluding carboxylic acids is 1. The summed E-state index contributed by atoms with van der Waals surface area (Å²) in [5, 5.41) is 8.89. The number of aromatic nitrogens is 4. The first-order valence-electron chi connectivity index (χ1n) is 15.1. The first-order valence-corrected chi connectivity index (χ1v) is 15.9. The second-order valence-corrected chi connectivity index (χ2v) is 13.5. The van der Waals surface area contributed by atoms with Crippen molar-refractivity contribution in [3.05, 3.63) is 48.2 Å². The lowest BCUT2D eigenvalue weighted by Gasteiger charge is -2.34. The summed E-state index contributed by atoms with van der Waals surface area (Å²) in [5.74, 6) is 5.77. The van der Waals surface area contributed by atoms with E-state index in [1.54, 1.807) is 4.68 Å². The zero-order valence-electron chi connectivity index (χ0n) is 23.9. The third kappa shape index (κ3) is 5.89. The van der Waals surface area contributed by atoms with E-state index in [-0.39, 0.29) is 11.4 Å². The van der Waals surface area contributed by atoms with E-state index in [9.17, 15) is 4.79 Å². The molecule has 2 saturated carbocycles. The molecule has 0 spiro atoms. The summed E-state index contributed by atoms with van der Waals surface area (Å²) in [7, 11) is 0. The summed E-state index contributed by atoms with van der Waals surface area (Å²) < 4.78 is 10.8. The molecule has 10 heteroatoms. The smallest absolute Gasteiger partial charge is 0.265 e. The van der Waals surface area contributed by atoms with E-state index in [0.717, 1.165) is 60.9 Å². The minimum absolute atomic E-state index is 0.146.